The first-order chi connectivity index (χ1) is 8.29. The van der Waals surface area contributed by atoms with Gasteiger partial charge in [0.1, 0.15) is 12.4 Å². The Morgan fingerprint density at radius 2 is 2.00 bits per heavy atom. The number of rotatable bonds is 7. The van der Waals surface area contributed by atoms with Crippen molar-refractivity contribution in [3.05, 3.63) is 29.8 Å². The Morgan fingerprint density at radius 3 is 2.59 bits per heavy atom. The Hall–Kier alpha value is -1.39. The Balaban J connectivity index is 1.85. The molecule has 2 N–H and O–H groups in total. The fourth-order valence-corrected chi connectivity index (χ4v) is 1.43. The van der Waals surface area contributed by atoms with Gasteiger partial charge in [-0.05, 0) is 37.1 Å². The highest BCUT2D eigenvalue weighted by molar-refractivity contribution is 5.97. The number of carbonyl (C=O) groups excluding carboxylic acids is 1. The maximum absolute atomic E-state index is 11.7. The number of nitrogens with two attached hydrogens (primary N) is 1. The van der Waals surface area contributed by atoms with Crippen LogP contribution in [0.1, 0.15) is 23.2 Å². The monoisotopic (exact) mass is 235 g/mol. The van der Waals surface area contributed by atoms with Crippen LogP contribution in [0.4, 0.5) is 0 Å². The van der Waals surface area contributed by atoms with Gasteiger partial charge in [0.25, 0.3) is 0 Å². The molecule has 1 aromatic carbocycles. The zero-order chi connectivity index (χ0) is 12.1. The Kier molecular flexibility index (Phi) is 4.12. The van der Waals surface area contributed by atoms with Crippen molar-refractivity contribution in [3.63, 3.8) is 0 Å². The molecule has 4 heteroatoms. The minimum absolute atomic E-state index is 0.0311. The third-order valence-corrected chi connectivity index (χ3v) is 2.50. The van der Waals surface area contributed by atoms with Crippen LogP contribution >= 0.6 is 0 Å². The van der Waals surface area contributed by atoms with Crippen LogP contribution in [-0.4, -0.2) is 31.6 Å². The summed E-state index contributed by atoms with van der Waals surface area (Å²) < 4.78 is 10.7. The van der Waals surface area contributed by atoms with E-state index in [4.69, 9.17) is 15.2 Å². The van der Waals surface area contributed by atoms with Crippen molar-refractivity contribution in [1.82, 2.24) is 0 Å². The first kappa shape index (κ1) is 12.1. The van der Waals surface area contributed by atoms with Crippen molar-refractivity contribution in [2.45, 2.75) is 18.9 Å². The van der Waals surface area contributed by atoms with Crippen LogP contribution in [0, 0.1) is 0 Å². The van der Waals surface area contributed by atoms with Gasteiger partial charge in [0.2, 0.25) is 0 Å². The Labute approximate surface area is 101 Å². The van der Waals surface area contributed by atoms with E-state index in [0.717, 1.165) is 18.6 Å². The van der Waals surface area contributed by atoms with Crippen molar-refractivity contribution in [1.29, 1.82) is 0 Å². The molecule has 2 rings (SSSR count). The zero-order valence-electron chi connectivity index (χ0n) is 9.72. The molecule has 1 saturated carbocycles. The molecule has 92 valence electrons. The van der Waals surface area contributed by atoms with Crippen molar-refractivity contribution in [2.24, 2.45) is 5.73 Å². The van der Waals surface area contributed by atoms with Gasteiger partial charge in [-0.2, -0.15) is 0 Å². The molecule has 0 spiro atoms. The number of ketones is 1. The highest BCUT2D eigenvalue weighted by atomic mass is 16.5. The van der Waals surface area contributed by atoms with Crippen molar-refractivity contribution >= 4 is 5.78 Å². The minimum Gasteiger partial charge on any atom is -0.490 e. The van der Waals surface area contributed by atoms with Gasteiger partial charge in [-0.25, -0.2) is 0 Å². The van der Waals surface area contributed by atoms with Crippen LogP contribution in [0.3, 0.4) is 0 Å². The standard InChI is InChI=1S/C13H17NO3/c14-7-8-16-9-13(15)10-1-3-11(4-2-10)17-12-5-6-12/h1-4,12H,5-9,14H2. The second-order valence-corrected chi connectivity index (χ2v) is 4.11. The van der Waals surface area contributed by atoms with Gasteiger partial charge in [-0.15, -0.1) is 0 Å². The molecular weight excluding hydrogens is 218 g/mol. The quantitative estimate of drug-likeness (QED) is 0.573. The van der Waals surface area contributed by atoms with Crippen LogP contribution in [0.15, 0.2) is 24.3 Å². The molecule has 0 bridgehead atoms. The topological polar surface area (TPSA) is 61.5 Å². The fourth-order valence-electron chi connectivity index (χ4n) is 1.43. The van der Waals surface area contributed by atoms with E-state index in [-0.39, 0.29) is 12.4 Å². The van der Waals surface area contributed by atoms with Crippen molar-refractivity contribution in [2.75, 3.05) is 19.8 Å². The Bertz CT molecular complexity index is 371. The molecule has 4 nitrogen and oxygen atoms in total. The summed E-state index contributed by atoms with van der Waals surface area (Å²) in [5, 5.41) is 0. The molecule has 0 unspecified atom stereocenters. The van der Waals surface area contributed by atoms with Gasteiger partial charge >= 0.3 is 0 Å². The maximum atomic E-state index is 11.7. The van der Waals surface area contributed by atoms with Crippen molar-refractivity contribution < 1.29 is 14.3 Å². The lowest BCUT2D eigenvalue weighted by Crippen LogP contribution is -2.14. The predicted octanol–water partition coefficient (Wildman–Crippen LogP) is 1.39. The maximum Gasteiger partial charge on any atom is 0.188 e. The average Bonchev–Trinajstić information content (AvgIpc) is 3.14. The Morgan fingerprint density at radius 1 is 1.29 bits per heavy atom. The van der Waals surface area contributed by atoms with Crippen molar-refractivity contribution in [3.8, 4) is 5.75 Å². The normalized spacial score (nSPS) is 14.6. The van der Waals surface area contributed by atoms with Gasteiger partial charge in [-0.1, -0.05) is 0 Å². The third kappa shape index (κ3) is 3.84. The predicted molar refractivity (Wildman–Crippen MR) is 64.3 cm³/mol. The molecule has 1 aliphatic carbocycles. The smallest absolute Gasteiger partial charge is 0.188 e. The van der Waals surface area contributed by atoms with E-state index in [1.165, 1.54) is 0 Å². The largest absolute Gasteiger partial charge is 0.490 e. The molecule has 1 aromatic rings. The lowest BCUT2D eigenvalue weighted by Gasteiger charge is -2.05. The molecule has 0 aliphatic heterocycles. The van der Waals surface area contributed by atoms with E-state index in [2.05, 4.69) is 0 Å². The summed E-state index contributed by atoms with van der Waals surface area (Å²) in [7, 11) is 0. The van der Waals surface area contributed by atoms with Crippen LogP contribution in [-0.2, 0) is 4.74 Å². The fraction of sp³-hybridized carbons (Fsp3) is 0.462. The summed E-state index contributed by atoms with van der Waals surface area (Å²) in [6.07, 6.45) is 2.64. The number of benzene rings is 1. The summed E-state index contributed by atoms with van der Waals surface area (Å²) in [5.74, 6) is 0.795. The lowest BCUT2D eigenvalue weighted by molar-refractivity contribution is 0.0774. The van der Waals surface area contributed by atoms with Gasteiger partial charge in [0.15, 0.2) is 5.78 Å². The zero-order valence-corrected chi connectivity index (χ0v) is 9.72. The molecule has 0 radical (unpaired) electrons. The highest BCUT2D eigenvalue weighted by Crippen LogP contribution is 2.26. The summed E-state index contributed by atoms with van der Waals surface area (Å²) >= 11 is 0. The molecule has 0 saturated heterocycles. The van der Waals surface area contributed by atoms with Crippen LogP contribution < -0.4 is 10.5 Å². The number of hydrogen-bond acceptors (Lipinski definition) is 4. The third-order valence-electron chi connectivity index (χ3n) is 2.50. The molecule has 0 aromatic heterocycles. The molecule has 1 aliphatic rings. The molecule has 0 heterocycles. The van der Waals surface area contributed by atoms with E-state index in [0.29, 0.717) is 24.8 Å². The molecule has 1 fully saturated rings. The summed E-state index contributed by atoms with van der Waals surface area (Å²) in [6.45, 7) is 0.927. The van der Waals surface area contributed by atoms with Gasteiger partial charge in [0, 0.05) is 12.1 Å². The van der Waals surface area contributed by atoms with E-state index in [9.17, 15) is 4.79 Å². The average molecular weight is 235 g/mol. The van der Waals surface area contributed by atoms with E-state index in [1.807, 2.05) is 12.1 Å². The van der Waals surface area contributed by atoms with Crippen LogP contribution in [0.5, 0.6) is 5.75 Å². The van der Waals surface area contributed by atoms with E-state index in [1.54, 1.807) is 12.1 Å². The molecule has 17 heavy (non-hydrogen) atoms. The van der Waals surface area contributed by atoms with E-state index >= 15 is 0 Å². The summed E-state index contributed by atoms with van der Waals surface area (Å²) in [4.78, 5) is 11.7. The highest BCUT2D eigenvalue weighted by Gasteiger charge is 2.23. The first-order valence-electron chi connectivity index (χ1n) is 5.87. The second-order valence-electron chi connectivity index (χ2n) is 4.11. The number of Topliss-reactive ketones (excluding diaryl/α,β-unsaturated/α-hetero) is 1. The van der Waals surface area contributed by atoms with Crippen LogP contribution in [0.25, 0.3) is 0 Å². The van der Waals surface area contributed by atoms with Crippen LogP contribution in [0.2, 0.25) is 0 Å². The van der Waals surface area contributed by atoms with Gasteiger partial charge in [0.05, 0.1) is 12.7 Å². The molecule has 0 atom stereocenters. The summed E-state index contributed by atoms with van der Waals surface area (Å²) in [6, 6.07) is 7.20. The van der Waals surface area contributed by atoms with E-state index < -0.39 is 0 Å². The number of carbonyl (C=O) groups is 1. The molecule has 0 amide bonds. The van der Waals surface area contributed by atoms with Gasteiger partial charge < -0.3 is 15.2 Å². The second kappa shape index (κ2) is 5.80. The lowest BCUT2D eigenvalue weighted by atomic mass is 10.1. The summed E-state index contributed by atoms with van der Waals surface area (Å²) in [5.41, 5.74) is 5.92. The number of hydrogen-bond donors (Lipinski definition) is 1. The van der Waals surface area contributed by atoms with Gasteiger partial charge in [-0.3, -0.25) is 4.79 Å². The minimum atomic E-state index is -0.0311. The number of ether oxygens (including phenoxy) is 2. The SMILES string of the molecule is NCCOCC(=O)c1ccc(OC2CC2)cc1. The molecular formula is C13H17NO3. The first-order valence-corrected chi connectivity index (χ1v) is 5.87.